The topological polar surface area (TPSA) is 130 Å². The number of fused-ring (bicyclic) bond motifs is 1. The van der Waals surface area contributed by atoms with Crippen LogP contribution < -0.4 is 16.0 Å². The predicted octanol–water partition coefficient (Wildman–Crippen LogP) is 1.37. The predicted molar refractivity (Wildman–Crippen MR) is 101 cm³/mol. The molecule has 1 saturated heterocycles. The average molecular weight is 383 g/mol. The van der Waals surface area contributed by atoms with E-state index in [1.54, 1.807) is 6.07 Å². The molecule has 2 amide bonds. The highest BCUT2D eigenvalue weighted by atomic mass is 16.5. The molecular formula is C19H21N5O4. The zero-order chi connectivity index (χ0) is 19.8. The number of aromatic nitrogens is 2. The van der Waals surface area contributed by atoms with Crippen LogP contribution in [0.25, 0.3) is 0 Å². The minimum absolute atomic E-state index is 0.123. The van der Waals surface area contributed by atoms with E-state index in [-0.39, 0.29) is 18.0 Å². The molecule has 28 heavy (non-hydrogen) atoms. The molecule has 0 radical (unpaired) electrons. The Morgan fingerprint density at radius 2 is 2.00 bits per heavy atom. The van der Waals surface area contributed by atoms with E-state index in [0.29, 0.717) is 16.8 Å². The third kappa shape index (κ3) is 2.98. The second-order valence-electron chi connectivity index (χ2n) is 7.01. The van der Waals surface area contributed by atoms with Crippen molar-refractivity contribution in [2.75, 3.05) is 30.4 Å². The Bertz CT molecular complexity index is 961. The summed E-state index contributed by atoms with van der Waals surface area (Å²) in [5, 5.41) is 9.46. The van der Waals surface area contributed by atoms with E-state index in [0.717, 1.165) is 37.2 Å². The molecule has 2 aliphatic rings. The van der Waals surface area contributed by atoms with Gasteiger partial charge < -0.3 is 20.7 Å². The number of H-pyrrole nitrogens is 1. The smallest absolute Gasteiger partial charge is 0.356 e. The second-order valence-corrected chi connectivity index (χ2v) is 7.01. The molecule has 4 rings (SSSR count). The summed E-state index contributed by atoms with van der Waals surface area (Å²) >= 11 is 0. The first-order chi connectivity index (χ1) is 13.5. The average Bonchev–Trinajstić information content (AvgIpc) is 3.37. The van der Waals surface area contributed by atoms with Gasteiger partial charge in [-0.1, -0.05) is 0 Å². The lowest BCUT2D eigenvalue weighted by Gasteiger charge is -2.29. The number of benzene rings is 1. The van der Waals surface area contributed by atoms with Gasteiger partial charge in [0.25, 0.3) is 5.91 Å². The van der Waals surface area contributed by atoms with Crippen LogP contribution in [-0.4, -0.2) is 48.2 Å². The van der Waals surface area contributed by atoms with Gasteiger partial charge in [0.1, 0.15) is 5.69 Å². The summed E-state index contributed by atoms with van der Waals surface area (Å²) in [5.41, 5.74) is 8.88. The summed E-state index contributed by atoms with van der Waals surface area (Å²) < 4.78 is 4.80. The minimum Gasteiger partial charge on any atom is -0.464 e. The van der Waals surface area contributed by atoms with E-state index in [1.165, 1.54) is 13.3 Å². The number of esters is 1. The number of hydrogen-bond acceptors (Lipinski definition) is 6. The normalized spacial score (nSPS) is 18.5. The molecule has 2 aliphatic heterocycles. The van der Waals surface area contributed by atoms with Crippen LogP contribution in [0.15, 0.2) is 18.3 Å². The van der Waals surface area contributed by atoms with Crippen LogP contribution in [0, 0.1) is 0 Å². The largest absolute Gasteiger partial charge is 0.464 e. The number of anilines is 2. The lowest BCUT2D eigenvalue weighted by molar-refractivity contribution is -0.116. The molecule has 0 aliphatic carbocycles. The molecule has 1 unspecified atom stereocenters. The maximum Gasteiger partial charge on any atom is 0.356 e. The van der Waals surface area contributed by atoms with Crippen molar-refractivity contribution < 1.29 is 19.1 Å². The maximum absolute atomic E-state index is 12.4. The molecule has 0 bridgehead atoms. The van der Waals surface area contributed by atoms with Crippen LogP contribution in [0.4, 0.5) is 11.4 Å². The van der Waals surface area contributed by atoms with Gasteiger partial charge in [-0.25, -0.2) is 4.79 Å². The first kappa shape index (κ1) is 18.0. The van der Waals surface area contributed by atoms with E-state index < -0.39 is 17.8 Å². The third-order valence-electron chi connectivity index (χ3n) is 5.35. The Kier molecular flexibility index (Phi) is 4.50. The van der Waals surface area contributed by atoms with Crippen LogP contribution in [0.5, 0.6) is 0 Å². The van der Waals surface area contributed by atoms with Gasteiger partial charge in [0.05, 0.1) is 24.6 Å². The molecule has 9 nitrogen and oxygen atoms in total. The Morgan fingerprint density at radius 1 is 1.25 bits per heavy atom. The number of amides is 2. The highest BCUT2D eigenvalue weighted by Crippen LogP contribution is 2.41. The standard InChI is InChI=1S/C19H21N5O4/c1-28-19(27)17-13(9-21-23-17)10-7-16(25)22-14-8-15(24-4-2-3-5-24)12(18(20)26)6-11(10)14/h6,8-10H,2-5,7H2,1H3,(H2,20,26)(H,21,23)(H,22,25). The number of nitrogens with zero attached hydrogens (tertiary/aromatic N) is 2. The molecule has 9 heteroatoms. The van der Waals surface area contributed by atoms with Crippen molar-refractivity contribution in [2.45, 2.75) is 25.2 Å². The van der Waals surface area contributed by atoms with Gasteiger partial charge in [-0.15, -0.1) is 0 Å². The van der Waals surface area contributed by atoms with Crippen molar-refractivity contribution in [1.82, 2.24) is 10.2 Å². The molecule has 4 N–H and O–H groups in total. The molecule has 146 valence electrons. The fourth-order valence-electron chi connectivity index (χ4n) is 4.02. The number of methoxy groups -OCH3 is 1. The fourth-order valence-corrected chi connectivity index (χ4v) is 4.02. The molecule has 0 saturated carbocycles. The number of nitrogens with two attached hydrogens (primary N) is 1. The zero-order valence-corrected chi connectivity index (χ0v) is 15.4. The highest BCUT2D eigenvalue weighted by Gasteiger charge is 2.33. The molecule has 3 heterocycles. The molecular weight excluding hydrogens is 362 g/mol. The van der Waals surface area contributed by atoms with Gasteiger partial charge in [-0.05, 0) is 30.5 Å². The minimum atomic E-state index is -0.566. The van der Waals surface area contributed by atoms with Gasteiger partial charge in [0.2, 0.25) is 5.91 Å². The lowest BCUT2D eigenvalue weighted by atomic mass is 9.83. The summed E-state index contributed by atoms with van der Waals surface area (Å²) in [6.07, 6.45) is 3.72. The Labute approximate surface area is 161 Å². The number of aromatic amines is 1. The van der Waals surface area contributed by atoms with Crippen molar-refractivity contribution in [1.29, 1.82) is 0 Å². The molecule has 2 aromatic rings. The van der Waals surface area contributed by atoms with Crippen LogP contribution in [0.3, 0.4) is 0 Å². The van der Waals surface area contributed by atoms with Crippen LogP contribution in [0.1, 0.15) is 57.2 Å². The van der Waals surface area contributed by atoms with Gasteiger partial charge in [-0.3, -0.25) is 14.7 Å². The first-order valence-corrected chi connectivity index (χ1v) is 9.13. The van der Waals surface area contributed by atoms with Gasteiger partial charge >= 0.3 is 5.97 Å². The molecule has 1 aromatic heterocycles. The van der Waals surface area contributed by atoms with E-state index >= 15 is 0 Å². The zero-order valence-electron chi connectivity index (χ0n) is 15.4. The number of ether oxygens (including phenoxy) is 1. The SMILES string of the molecule is COC(=O)c1[nH]ncc1C1CC(=O)Nc2cc(N3CCCC3)c(C(N)=O)cc21. The lowest BCUT2D eigenvalue weighted by Crippen LogP contribution is -2.28. The van der Waals surface area contributed by atoms with Crippen molar-refractivity contribution in [3.63, 3.8) is 0 Å². The van der Waals surface area contributed by atoms with Crippen molar-refractivity contribution in [3.05, 3.63) is 40.7 Å². The number of nitrogens with one attached hydrogen (secondary N) is 2. The van der Waals surface area contributed by atoms with Crippen LogP contribution >= 0.6 is 0 Å². The second kappa shape index (κ2) is 6.99. The monoisotopic (exact) mass is 383 g/mol. The number of carbonyl (C=O) groups excluding carboxylic acids is 3. The summed E-state index contributed by atoms with van der Waals surface area (Å²) in [4.78, 5) is 38.7. The van der Waals surface area contributed by atoms with E-state index in [2.05, 4.69) is 20.4 Å². The quantitative estimate of drug-likeness (QED) is 0.684. The highest BCUT2D eigenvalue weighted by molar-refractivity contribution is 6.03. The first-order valence-electron chi connectivity index (χ1n) is 9.13. The fraction of sp³-hybridized carbons (Fsp3) is 0.368. The van der Waals surface area contributed by atoms with E-state index in [9.17, 15) is 14.4 Å². The third-order valence-corrected chi connectivity index (χ3v) is 5.35. The molecule has 0 spiro atoms. The van der Waals surface area contributed by atoms with Crippen LogP contribution in [-0.2, 0) is 9.53 Å². The summed E-state index contributed by atoms with van der Waals surface area (Å²) in [6, 6.07) is 3.53. The summed E-state index contributed by atoms with van der Waals surface area (Å²) in [7, 11) is 1.28. The van der Waals surface area contributed by atoms with E-state index in [1.807, 2.05) is 6.07 Å². The molecule has 1 fully saturated rings. The van der Waals surface area contributed by atoms with Gasteiger partial charge in [0, 0.05) is 36.7 Å². The summed E-state index contributed by atoms with van der Waals surface area (Å²) in [5.74, 6) is -1.71. The van der Waals surface area contributed by atoms with E-state index in [4.69, 9.17) is 10.5 Å². The summed E-state index contributed by atoms with van der Waals surface area (Å²) in [6.45, 7) is 1.68. The molecule has 1 atom stereocenters. The number of primary amides is 1. The Morgan fingerprint density at radius 3 is 2.68 bits per heavy atom. The Hall–Kier alpha value is -3.36. The van der Waals surface area contributed by atoms with Gasteiger partial charge in [-0.2, -0.15) is 5.10 Å². The number of hydrogen-bond donors (Lipinski definition) is 3. The van der Waals surface area contributed by atoms with Crippen LogP contribution in [0.2, 0.25) is 0 Å². The number of rotatable bonds is 4. The van der Waals surface area contributed by atoms with Gasteiger partial charge in [0.15, 0.2) is 0 Å². The maximum atomic E-state index is 12.4. The Balaban J connectivity index is 1.85. The number of carbonyl (C=O) groups is 3. The van der Waals surface area contributed by atoms with Crippen molar-refractivity contribution >= 4 is 29.2 Å². The molecule has 1 aromatic carbocycles. The van der Waals surface area contributed by atoms with Crippen molar-refractivity contribution in [3.8, 4) is 0 Å². The van der Waals surface area contributed by atoms with Crippen molar-refractivity contribution in [2.24, 2.45) is 5.73 Å².